The van der Waals surface area contributed by atoms with Crippen LogP contribution >= 0.6 is 0 Å². The molecule has 0 atom stereocenters. The minimum Gasteiger partial charge on any atom is -0.483 e. The SMILES string of the molecule is C=CCNC(=O)c1ccccc1OCc1nc(-c2ccccc2)no1. The zero-order valence-corrected chi connectivity index (χ0v) is 13.5. The van der Waals surface area contributed by atoms with Crippen molar-refractivity contribution in [1.82, 2.24) is 15.5 Å². The van der Waals surface area contributed by atoms with Crippen LogP contribution in [0.4, 0.5) is 0 Å². The summed E-state index contributed by atoms with van der Waals surface area (Å²) in [4.78, 5) is 16.4. The highest BCUT2D eigenvalue weighted by atomic mass is 16.5. The van der Waals surface area contributed by atoms with E-state index >= 15 is 0 Å². The van der Waals surface area contributed by atoms with Crippen molar-refractivity contribution in [2.75, 3.05) is 6.54 Å². The number of hydrogen-bond donors (Lipinski definition) is 1. The third kappa shape index (κ3) is 4.11. The second-order valence-corrected chi connectivity index (χ2v) is 5.16. The summed E-state index contributed by atoms with van der Waals surface area (Å²) in [5.74, 6) is 1.05. The molecule has 0 aliphatic carbocycles. The molecular formula is C19H17N3O3. The Hall–Kier alpha value is -3.41. The van der Waals surface area contributed by atoms with Crippen molar-refractivity contribution in [3.63, 3.8) is 0 Å². The average molecular weight is 335 g/mol. The highest BCUT2D eigenvalue weighted by Crippen LogP contribution is 2.20. The van der Waals surface area contributed by atoms with E-state index in [4.69, 9.17) is 9.26 Å². The Morgan fingerprint density at radius 1 is 1.16 bits per heavy atom. The summed E-state index contributed by atoms with van der Waals surface area (Å²) in [5.41, 5.74) is 1.30. The van der Waals surface area contributed by atoms with Gasteiger partial charge in [0.2, 0.25) is 5.82 Å². The first-order valence-electron chi connectivity index (χ1n) is 7.77. The number of amides is 1. The normalized spacial score (nSPS) is 10.2. The summed E-state index contributed by atoms with van der Waals surface area (Å²) < 4.78 is 10.9. The molecule has 0 fully saturated rings. The fourth-order valence-corrected chi connectivity index (χ4v) is 2.20. The molecule has 0 aliphatic rings. The number of carbonyl (C=O) groups excluding carboxylic acids is 1. The topological polar surface area (TPSA) is 77.2 Å². The van der Waals surface area contributed by atoms with E-state index in [1.165, 1.54) is 0 Å². The number of benzene rings is 2. The number of ether oxygens (including phenoxy) is 1. The van der Waals surface area contributed by atoms with Crippen LogP contribution in [0, 0.1) is 0 Å². The second-order valence-electron chi connectivity index (χ2n) is 5.16. The molecule has 126 valence electrons. The van der Waals surface area contributed by atoms with Gasteiger partial charge in [0, 0.05) is 12.1 Å². The van der Waals surface area contributed by atoms with Gasteiger partial charge in [-0.05, 0) is 12.1 Å². The molecule has 0 saturated heterocycles. The van der Waals surface area contributed by atoms with Crippen molar-refractivity contribution in [3.8, 4) is 17.1 Å². The molecule has 1 amide bonds. The third-order valence-corrected chi connectivity index (χ3v) is 3.39. The minimum absolute atomic E-state index is 0.0750. The summed E-state index contributed by atoms with van der Waals surface area (Å²) in [6.45, 7) is 4.04. The van der Waals surface area contributed by atoms with Gasteiger partial charge in [0.15, 0.2) is 6.61 Å². The van der Waals surface area contributed by atoms with Gasteiger partial charge in [-0.25, -0.2) is 0 Å². The van der Waals surface area contributed by atoms with E-state index in [0.29, 0.717) is 29.6 Å². The Kier molecular flexibility index (Phi) is 5.21. The fraction of sp³-hybridized carbons (Fsp3) is 0.105. The smallest absolute Gasteiger partial charge is 0.264 e. The lowest BCUT2D eigenvalue weighted by Crippen LogP contribution is -2.23. The molecule has 1 heterocycles. The lowest BCUT2D eigenvalue weighted by atomic mass is 10.2. The van der Waals surface area contributed by atoms with E-state index in [1.807, 2.05) is 30.3 Å². The van der Waals surface area contributed by atoms with Gasteiger partial charge in [-0.1, -0.05) is 53.7 Å². The van der Waals surface area contributed by atoms with Crippen LogP contribution < -0.4 is 10.1 Å². The van der Waals surface area contributed by atoms with E-state index in [9.17, 15) is 4.79 Å². The summed E-state index contributed by atoms with van der Waals surface area (Å²) in [7, 11) is 0. The van der Waals surface area contributed by atoms with E-state index in [-0.39, 0.29) is 12.5 Å². The van der Waals surface area contributed by atoms with Crippen LogP contribution in [0.3, 0.4) is 0 Å². The second kappa shape index (κ2) is 7.92. The van der Waals surface area contributed by atoms with Crippen molar-refractivity contribution in [2.45, 2.75) is 6.61 Å². The lowest BCUT2D eigenvalue weighted by molar-refractivity contribution is 0.0952. The minimum atomic E-state index is -0.231. The Bertz CT molecular complexity index is 859. The van der Waals surface area contributed by atoms with Crippen molar-refractivity contribution >= 4 is 5.91 Å². The first-order valence-corrected chi connectivity index (χ1v) is 7.77. The molecule has 1 aromatic heterocycles. The van der Waals surface area contributed by atoms with Crippen molar-refractivity contribution in [3.05, 3.63) is 78.7 Å². The Morgan fingerprint density at radius 3 is 2.72 bits per heavy atom. The lowest BCUT2D eigenvalue weighted by Gasteiger charge is -2.09. The van der Waals surface area contributed by atoms with Gasteiger partial charge >= 0.3 is 0 Å². The number of rotatable bonds is 7. The standard InChI is InChI=1S/C19H17N3O3/c1-2-12-20-19(23)15-10-6-7-11-16(15)24-13-17-21-18(22-25-17)14-8-4-3-5-9-14/h2-11H,1,12-13H2,(H,20,23). The van der Waals surface area contributed by atoms with Crippen LogP contribution in [0.5, 0.6) is 5.75 Å². The summed E-state index contributed by atoms with van der Waals surface area (Å²) >= 11 is 0. The maximum Gasteiger partial charge on any atom is 0.264 e. The van der Waals surface area contributed by atoms with Crippen LogP contribution in [-0.2, 0) is 6.61 Å². The van der Waals surface area contributed by atoms with Gasteiger partial charge < -0.3 is 14.6 Å². The number of aromatic nitrogens is 2. The molecule has 1 N–H and O–H groups in total. The summed E-state index contributed by atoms with van der Waals surface area (Å²) in [5, 5.41) is 6.66. The molecule has 3 rings (SSSR count). The Labute approximate surface area is 145 Å². The summed E-state index contributed by atoms with van der Waals surface area (Å²) in [6.07, 6.45) is 1.62. The molecule has 2 aromatic carbocycles. The zero-order valence-electron chi connectivity index (χ0n) is 13.5. The van der Waals surface area contributed by atoms with E-state index in [0.717, 1.165) is 5.56 Å². The van der Waals surface area contributed by atoms with Crippen LogP contribution in [0.1, 0.15) is 16.2 Å². The Balaban J connectivity index is 1.69. The highest BCUT2D eigenvalue weighted by molar-refractivity contribution is 5.96. The van der Waals surface area contributed by atoms with Crippen LogP contribution in [0.15, 0.2) is 71.8 Å². The number of carbonyl (C=O) groups is 1. The van der Waals surface area contributed by atoms with Crippen LogP contribution in [0.2, 0.25) is 0 Å². The first-order chi connectivity index (χ1) is 12.3. The van der Waals surface area contributed by atoms with Crippen molar-refractivity contribution < 1.29 is 14.1 Å². The fourth-order valence-electron chi connectivity index (χ4n) is 2.20. The number of nitrogens with zero attached hydrogens (tertiary/aromatic N) is 2. The predicted octanol–water partition coefficient (Wildman–Crippen LogP) is 3.23. The monoisotopic (exact) mass is 335 g/mol. The molecule has 0 spiro atoms. The Morgan fingerprint density at radius 2 is 1.92 bits per heavy atom. The number of hydrogen-bond acceptors (Lipinski definition) is 5. The molecule has 6 nitrogen and oxygen atoms in total. The zero-order chi connectivity index (χ0) is 17.5. The van der Waals surface area contributed by atoms with Gasteiger partial charge in [-0.15, -0.1) is 6.58 Å². The number of para-hydroxylation sites is 1. The third-order valence-electron chi connectivity index (χ3n) is 3.39. The van der Waals surface area contributed by atoms with E-state index in [1.54, 1.807) is 30.3 Å². The molecule has 25 heavy (non-hydrogen) atoms. The highest BCUT2D eigenvalue weighted by Gasteiger charge is 2.13. The maximum absolute atomic E-state index is 12.1. The molecule has 6 heteroatoms. The van der Waals surface area contributed by atoms with E-state index in [2.05, 4.69) is 22.0 Å². The number of nitrogens with one attached hydrogen (secondary N) is 1. The molecule has 0 bridgehead atoms. The first kappa shape index (κ1) is 16.4. The van der Waals surface area contributed by atoms with Gasteiger partial charge in [0.1, 0.15) is 5.75 Å². The molecule has 0 aliphatic heterocycles. The van der Waals surface area contributed by atoms with Crippen molar-refractivity contribution in [2.24, 2.45) is 0 Å². The van der Waals surface area contributed by atoms with Crippen LogP contribution in [-0.4, -0.2) is 22.6 Å². The maximum atomic E-state index is 12.1. The quantitative estimate of drug-likeness (QED) is 0.671. The van der Waals surface area contributed by atoms with Gasteiger partial charge in [-0.3, -0.25) is 4.79 Å². The van der Waals surface area contributed by atoms with Crippen molar-refractivity contribution in [1.29, 1.82) is 0 Å². The molecular weight excluding hydrogens is 318 g/mol. The molecule has 0 radical (unpaired) electrons. The summed E-state index contributed by atoms with van der Waals surface area (Å²) in [6, 6.07) is 16.5. The van der Waals surface area contributed by atoms with Crippen LogP contribution in [0.25, 0.3) is 11.4 Å². The van der Waals surface area contributed by atoms with Gasteiger partial charge in [0.25, 0.3) is 11.8 Å². The largest absolute Gasteiger partial charge is 0.483 e. The molecule has 0 unspecified atom stereocenters. The molecule has 0 saturated carbocycles. The van der Waals surface area contributed by atoms with E-state index < -0.39 is 0 Å². The predicted molar refractivity (Wildman–Crippen MR) is 93.0 cm³/mol. The average Bonchev–Trinajstić information content (AvgIpc) is 3.14. The van der Waals surface area contributed by atoms with Gasteiger partial charge in [-0.2, -0.15) is 4.98 Å². The molecule has 3 aromatic rings. The van der Waals surface area contributed by atoms with Gasteiger partial charge in [0.05, 0.1) is 5.56 Å².